The van der Waals surface area contributed by atoms with Gasteiger partial charge in [0.25, 0.3) is 0 Å². The first kappa shape index (κ1) is 23.6. The van der Waals surface area contributed by atoms with E-state index in [1.165, 1.54) is 19.3 Å². The zero-order valence-electron chi connectivity index (χ0n) is 19.8. The number of likely N-dealkylation sites (tertiary alicyclic amines) is 1. The van der Waals surface area contributed by atoms with Crippen LogP contribution in [0.1, 0.15) is 62.8 Å². The Morgan fingerprint density at radius 1 is 1.12 bits per heavy atom. The number of aliphatic hydroxyl groups is 1. The summed E-state index contributed by atoms with van der Waals surface area (Å²) in [5, 5.41) is 16.0. The summed E-state index contributed by atoms with van der Waals surface area (Å²) in [5.41, 5.74) is 1.80. The second-order valence-corrected chi connectivity index (χ2v) is 10.2. The minimum Gasteiger partial charge on any atom is -0.487 e. The van der Waals surface area contributed by atoms with E-state index >= 15 is 0 Å². The van der Waals surface area contributed by atoms with Crippen molar-refractivity contribution in [2.75, 3.05) is 38.1 Å². The number of aliphatic hydroxyl groups excluding tert-OH is 1. The van der Waals surface area contributed by atoms with Crippen molar-refractivity contribution in [1.82, 2.24) is 10.2 Å². The topological polar surface area (TPSA) is 100 Å². The first-order valence-corrected chi connectivity index (χ1v) is 13.0. The van der Waals surface area contributed by atoms with Gasteiger partial charge < -0.3 is 30.1 Å². The second-order valence-electron chi connectivity index (χ2n) is 10.2. The molecule has 34 heavy (non-hydrogen) atoms. The van der Waals surface area contributed by atoms with Crippen LogP contribution in [0.4, 0.5) is 5.69 Å². The zero-order chi connectivity index (χ0) is 23.5. The number of amides is 2. The highest BCUT2D eigenvalue weighted by atomic mass is 16.6. The largest absolute Gasteiger partial charge is 0.487 e. The van der Waals surface area contributed by atoms with E-state index in [2.05, 4.69) is 15.5 Å². The Kier molecular flexibility index (Phi) is 7.37. The average molecular weight is 472 g/mol. The molecule has 0 aromatic heterocycles. The number of rotatable bonds is 8. The molecule has 1 aromatic carbocycles. The van der Waals surface area contributed by atoms with E-state index < -0.39 is 6.10 Å². The number of ether oxygens (including phenoxy) is 2. The SMILES string of the molecule is O=C(C[C@@H]1C[C@H]2c3cc(NC(=O)C4CCC4)ccc3O[C@H]2[C@H](CO)O1)NCCN1CCCCC1. The lowest BCUT2D eigenvalue weighted by Gasteiger charge is -2.37. The lowest BCUT2D eigenvalue weighted by atomic mass is 9.83. The number of carbonyl (C=O) groups excluding carboxylic acids is 2. The van der Waals surface area contributed by atoms with E-state index in [9.17, 15) is 14.7 Å². The van der Waals surface area contributed by atoms with E-state index in [4.69, 9.17) is 9.47 Å². The summed E-state index contributed by atoms with van der Waals surface area (Å²) in [4.78, 5) is 27.4. The molecule has 5 rings (SSSR count). The van der Waals surface area contributed by atoms with Gasteiger partial charge in [0.15, 0.2) is 0 Å². The zero-order valence-corrected chi connectivity index (χ0v) is 19.8. The van der Waals surface area contributed by atoms with Gasteiger partial charge in [0, 0.05) is 36.2 Å². The molecule has 0 bridgehead atoms. The Bertz CT molecular complexity index is 883. The predicted octanol–water partition coefficient (Wildman–Crippen LogP) is 2.41. The molecule has 1 aromatic rings. The van der Waals surface area contributed by atoms with Crippen LogP contribution in [-0.4, -0.2) is 72.9 Å². The van der Waals surface area contributed by atoms with Crippen LogP contribution in [0.3, 0.4) is 0 Å². The number of carbonyl (C=O) groups is 2. The molecule has 186 valence electrons. The van der Waals surface area contributed by atoms with Crippen molar-refractivity contribution in [3.05, 3.63) is 23.8 Å². The van der Waals surface area contributed by atoms with E-state index in [1.807, 2.05) is 18.2 Å². The minimum atomic E-state index is -0.481. The van der Waals surface area contributed by atoms with Gasteiger partial charge in [0.1, 0.15) is 18.0 Å². The fourth-order valence-electron chi connectivity index (χ4n) is 5.70. The summed E-state index contributed by atoms with van der Waals surface area (Å²) < 4.78 is 12.2. The molecule has 8 nitrogen and oxygen atoms in total. The van der Waals surface area contributed by atoms with Gasteiger partial charge >= 0.3 is 0 Å². The number of nitrogens with zero attached hydrogens (tertiary/aromatic N) is 1. The molecule has 8 heteroatoms. The molecule has 3 N–H and O–H groups in total. The van der Waals surface area contributed by atoms with Gasteiger partial charge in [-0.05, 0) is 63.4 Å². The average Bonchev–Trinajstić information content (AvgIpc) is 3.16. The maximum absolute atomic E-state index is 12.6. The number of benzene rings is 1. The van der Waals surface area contributed by atoms with Gasteiger partial charge in [-0.2, -0.15) is 0 Å². The third-order valence-corrected chi connectivity index (χ3v) is 7.85. The van der Waals surface area contributed by atoms with Crippen LogP contribution in [0, 0.1) is 5.92 Å². The molecule has 0 unspecified atom stereocenters. The molecule has 4 aliphatic rings. The second kappa shape index (κ2) is 10.6. The standard InChI is InChI=1S/C26H37N3O5/c30-16-23-25-21(14-19(33-23)15-24(31)27-9-12-29-10-2-1-3-11-29)20-13-18(7-8-22(20)34-25)28-26(32)17-5-4-6-17/h7-8,13,17,19,21,23,25,30H,1-6,9-12,14-16H2,(H,27,31)(H,28,32)/t19-,21-,23-,25+/m0/s1. The van der Waals surface area contributed by atoms with Crippen LogP contribution in [0.5, 0.6) is 5.75 Å². The molecule has 3 heterocycles. The minimum absolute atomic E-state index is 0.0159. The number of fused-ring (bicyclic) bond motifs is 3. The lowest BCUT2D eigenvalue weighted by molar-refractivity contribution is -0.142. The summed E-state index contributed by atoms with van der Waals surface area (Å²) in [6.07, 6.45) is 6.70. The quantitative estimate of drug-likeness (QED) is 0.539. The maximum atomic E-state index is 12.6. The van der Waals surface area contributed by atoms with Gasteiger partial charge in [0.2, 0.25) is 11.8 Å². The summed E-state index contributed by atoms with van der Waals surface area (Å²) in [5.74, 6) is 0.980. The van der Waals surface area contributed by atoms with Crippen molar-refractivity contribution in [2.45, 2.75) is 75.6 Å². The van der Waals surface area contributed by atoms with Gasteiger partial charge in [-0.1, -0.05) is 12.8 Å². The van der Waals surface area contributed by atoms with Crippen molar-refractivity contribution in [3.63, 3.8) is 0 Å². The molecule has 3 fully saturated rings. The summed E-state index contributed by atoms with van der Waals surface area (Å²) in [7, 11) is 0. The van der Waals surface area contributed by atoms with Crippen molar-refractivity contribution in [1.29, 1.82) is 0 Å². The van der Waals surface area contributed by atoms with E-state index in [-0.39, 0.29) is 48.9 Å². The summed E-state index contributed by atoms with van der Waals surface area (Å²) in [6.45, 7) is 3.61. The van der Waals surface area contributed by atoms with Gasteiger partial charge in [-0.3, -0.25) is 9.59 Å². The third kappa shape index (κ3) is 5.24. The number of hydrogen-bond donors (Lipinski definition) is 3. The molecule has 0 spiro atoms. The normalized spacial score (nSPS) is 28.9. The first-order valence-electron chi connectivity index (χ1n) is 13.0. The first-order chi connectivity index (χ1) is 16.6. The molecular weight excluding hydrogens is 434 g/mol. The Labute approximate surface area is 201 Å². The molecule has 3 aliphatic heterocycles. The third-order valence-electron chi connectivity index (χ3n) is 7.85. The number of anilines is 1. The fraction of sp³-hybridized carbons (Fsp3) is 0.692. The molecule has 2 amide bonds. The van der Waals surface area contributed by atoms with Crippen LogP contribution in [-0.2, 0) is 14.3 Å². The van der Waals surface area contributed by atoms with Crippen LogP contribution in [0.25, 0.3) is 0 Å². The number of piperidine rings is 1. The Balaban J connectivity index is 1.18. The summed E-state index contributed by atoms with van der Waals surface area (Å²) in [6, 6.07) is 5.75. The molecule has 1 saturated carbocycles. The monoisotopic (exact) mass is 471 g/mol. The van der Waals surface area contributed by atoms with Crippen molar-refractivity contribution < 1.29 is 24.2 Å². The highest BCUT2D eigenvalue weighted by Crippen LogP contribution is 2.47. The van der Waals surface area contributed by atoms with Crippen molar-refractivity contribution in [3.8, 4) is 5.75 Å². The highest BCUT2D eigenvalue weighted by Gasteiger charge is 2.46. The fourth-order valence-corrected chi connectivity index (χ4v) is 5.70. The molecule has 2 saturated heterocycles. The van der Waals surface area contributed by atoms with Crippen LogP contribution >= 0.6 is 0 Å². The van der Waals surface area contributed by atoms with Gasteiger partial charge in [-0.25, -0.2) is 0 Å². The molecule has 0 radical (unpaired) electrons. The summed E-state index contributed by atoms with van der Waals surface area (Å²) >= 11 is 0. The Hall–Kier alpha value is -2.16. The molecule has 1 aliphatic carbocycles. The molecular formula is C26H37N3O5. The maximum Gasteiger partial charge on any atom is 0.227 e. The van der Waals surface area contributed by atoms with Crippen molar-refractivity contribution >= 4 is 17.5 Å². The lowest BCUT2D eigenvalue weighted by Crippen LogP contribution is -2.47. The smallest absolute Gasteiger partial charge is 0.227 e. The highest BCUT2D eigenvalue weighted by molar-refractivity contribution is 5.93. The number of hydrogen-bond acceptors (Lipinski definition) is 6. The van der Waals surface area contributed by atoms with Crippen LogP contribution < -0.4 is 15.4 Å². The van der Waals surface area contributed by atoms with Crippen LogP contribution in [0.2, 0.25) is 0 Å². The van der Waals surface area contributed by atoms with Gasteiger partial charge in [-0.15, -0.1) is 0 Å². The van der Waals surface area contributed by atoms with Gasteiger partial charge in [0.05, 0.1) is 19.1 Å². The van der Waals surface area contributed by atoms with E-state index in [1.54, 1.807) is 0 Å². The van der Waals surface area contributed by atoms with Crippen LogP contribution in [0.15, 0.2) is 18.2 Å². The number of nitrogens with one attached hydrogen (secondary N) is 2. The van der Waals surface area contributed by atoms with E-state index in [0.29, 0.717) is 13.0 Å². The predicted molar refractivity (Wildman–Crippen MR) is 128 cm³/mol. The van der Waals surface area contributed by atoms with Crippen molar-refractivity contribution in [2.24, 2.45) is 5.92 Å². The molecule has 4 atom stereocenters. The Morgan fingerprint density at radius 3 is 2.68 bits per heavy atom. The van der Waals surface area contributed by atoms with E-state index in [0.717, 1.165) is 55.9 Å². The Morgan fingerprint density at radius 2 is 1.94 bits per heavy atom.